The van der Waals surface area contributed by atoms with E-state index in [1.165, 1.54) is 5.56 Å². The molecule has 1 saturated heterocycles. The van der Waals surface area contributed by atoms with Crippen LogP contribution in [0.4, 0.5) is 0 Å². The number of likely N-dealkylation sites (tertiary alicyclic amines) is 1. The van der Waals surface area contributed by atoms with Gasteiger partial charge in [0.15, 0.2) is 0 Å². The quantitative estimate of drug-likeness (QED) is 0.855. The second-order valence-corrected chi connectivity index (χ2v) is 4.52. The van der Waals surface area contributed by atoms with Crippen molar-refractivity contribution in [1.82, 2.24) is 4.90 Å². The number of hydrogen-bond acceptors (Lipinski definition) is 2. The van der Waals surface area contributed by atoms with Crippen LogP contribution in [0.15, 0.2) is 30.3 Å². The molecule has 1 radical (unpaired) electrons. The molecule has 1 heterocycles. The minimum atomic E-state index is -0.189. The highest BCUT2D eigenvalue weighted by molar-refractivity contribution is 5.79. The van der Waals surface area contributed by atoms with Gasteiger partial charge >= 0.3 is 0 Å². The van der Waals surface area contributed by atoms with E-state index in [1.54, 1.807) is 0 Å². The Morgan fingerprint density at radius 3 is 2.82 bits per heavy atom. The third-order valence-corrected chi connectivity index (χ3v) is 3.30. The van der Waals surface area contributed by atoms with Gasteiger partial charge < -0.3 is 5.73 Å². The molecule has 0 unspecified atom stereocenters. The van der Waals surface area contributed by atoms with Gasteiger partial charge in [-0.1, -0.05) is 36.8 Å². The summed E-state index contributed by atoms with van der Waals surface area (Å²) in [5.74, 6) is -0.189. The van der Waals surface area contributed by atoms with Crippen LogP contribution in [0, 0.1) is 6.42 Å². The van der Waals surface area contributed by atoms with Crippen LogP contribution < -0.4 is 5.73 Å². The Labute approximate surface area is 103 Å². The summed E-state index contributed by atoms with van der Waals surface area (Å²) in [6.45, 7) is 1.77. The van der Waals surface area contributed by atoms with Crippen molar-refractivity contribution in [2.24, 2.45) is 5.73 Å². The van der Waals surface area contributed by atoms with Gasteiger partial charge in [-0.25, -0.2) is 0 Å². The number of primary amides is 1. The third kappa shape index (κ3) is 3.30. The molecule has 91 valence electrons. The van der Waals surface area contributed by atoms with E-state index in [-0.39, 0.29) is 11.9 Å². The van der Waals surface area contributed by atoms with Crippen LogP contribution in [-0.2, 0) is 4.79 Å². The van der Waals surface area contributed by atoms with E-state index in [0.29, 0.717) is 0 Å². The number of hydrogen-bond donors (Lipinski definition) is 1. The lowest BCUT2D eigenvalue weighted by Crippen LogP contribution is -2.48. The van der Waals surface area contributed by atoms with Crippen molar-refractivity contribution in [3.8, 4) is 0 Å². The Hall–Kier alpha value is -1.35. The second kappa shape index (κ2) is 5.82. The fourth-order valence-electron chi connectivity index (χ4n) is 2.34. The van der Waals surface area contributed by atoms with E-state index in [2.05, 4.69) is 23.5 Å². The highest BCUT2D eigenvalue weighted by Gasteiger charge is 2.26. The number of amides is 1. The predicted molar refractivity (Wildman–Crippen MR) is 68.3 cm³/mol. The SMILES string of the molecule is NC(=O)[C@@H]1CCCCN1C[CH]c1ccccc1. The summed E-state index contributed by atoms with van der Waals surface area (Å²) in [7, 11) is 0. The first kappa shape index (κ1) is 12.1. The van der Waals surface area contributed by atoms with Crippen LogP contribution in [0.5, 0.6) is 0 Å². The van der Waals surface area contributed by atoms with E-state index < -0.39 is 0 Å². The Balaban J connectivity index is 1.90. The van der Waals surface area contributed by atoms with Crippen LogP contribution >= 0.6 is 0 Å². The maximum atomic E-state index is 11.3. The molecule has 0 aromatic heterocycles. The van der Waals surface area contributed by atoms with Crippen LogP contribution in [0.1, 0.15) is 24.8 Å². The average molecular weight is 231 g/mol. The molecule has 3 heteroatoms. The van der Waals surface area contributed by atoms with Crippen molar-refractivity contribution in [3.05, 3.63) is 42.3 Å². The number of nitrogens with zero attached hydrogens (tertiary/aromatic N) is 1. The maximum Gasteiger partial charge on any atom is 0.234 e. The highest BCUT2D eigenvalue weighted by Crippen LogP contribution is 2.17. The van der Waals surface area contributed by atoms with Gasteiger partial charge in [0.1, 0.15) is 0 Å². The minimum absolute atomic E-state index is 0.0799. The number of nitrogens with two attached hydrogens (primary N) is 1. The molecule has 1 aliphatic rings. The number of carbonyl (C=O) groups is 1. The van der Waals surface area contributed by atoms with Gasteiger partial charge in [-0.15, -0.1) is 0 Å². The van der Waals surface area contributed by atoms with Gasteiger partial charge in [-0.3, -0.25) is 9.69 Å². The molecule has 0 spiro atoms. The minimum Gasteiger partial charge on any atom is -0.368 e. The molecular weight excluding hydrogens is 212 g/mol. The molecule has 2 rings (SSSR count). The van der Waals surface area contributed by atoms with Crippen molar-refractivity contribution in [2.45, 2.75) is 25.3 Å². The summed E-state index contributed by atoms with van der Waals surface area (Å²) in [5.41, 5.74) is 6.63. The Morgan fingerprint density at radius 1 is 1.35 bits per heavy atom. The summed E-state index contributed by atoms with van der Waals surface area (Å²) in [4.78, 5) is 13.5. The molecular formula is C14H19N2O. The molecule has 1 aliphatic heterocycles. The van der Waals surface area contributed by atoms with E-state index >= 15 is 0 Å². The van der Waals surface area contributed by atoms with Gasteiger partial charge in [0.25, 0.3) is 0 Å². The molecule has 1 amide bonds. The lowest BCUT2D eigenvalue weighted by molar-refractivity contribution is -0.124. The lowest BCUT2D eigenvalue weighted by Gasteiger charge is -2.33. The second-order valence-electron chi connectivity index (χ2n) is 4.52. The first-order valence-corrected chi connectivity index (χ1v) is 6.19. The van der Waals surface area contributed by atoms with Gasteiger partial charge in [0, 0.05) is 13.0 Å². The third-order valence-electron chi connectivity index (χ3n) is 3.30. The molecule has 1 atom stereocenters. The Bertz CT molecular complexity index is 364. The summed E-state index contributed by atoms with van der Waals surface area (Å²) in [5, 5.41) is 0. The molecule has 2 N–H and O–H groups in total. The van der Waals surface area contributed by atoms with Crippen molar-refractivity contribution < 1.29 is 4.79 Å². The topological polar surface area (TPSA) is 46.3 Å². The van der Waals surface area contributed by atoms with Crippen LogP contribution in [0.2, 0.25) is 0 Å². The fourth-order valence-corrected chi connectivity index (χ4v) is 2.34. The van der Waals surface area contributed by atoms with Crippen molar-refractivity contribution >= 4 is 5.91 Å². The number of piperidine rings is 1. The van der Waals surface area contributed by atoms with Crippen molar-refractivity contribution in [1.29, 1.82) is 0 Å². The average Bonchev–Trinajstić information content (AvgIpc) is 2.38. The van der Waals surface area contributed by atoms with E-state index in [1.807, 2.05) is 18.2 Å². The zero-order valence-electron chi connectivity index (χ0n) is 10.0. The van der Waals surface area contributed by atoms with Crippen LogP contribution in [0.3, 0.4) is 0 Å². The smallest absolute Gasteiger partial charge is 0.234 e. The van der Waals surface area contributed by atoms with Gasteiger partial charge in [0.05, 0.1) is 6.04 Å². The summed E-state index contributed by atoms with van der Waals surface area (Å²) < 4.78 is 0. The van der Waals surface area contributed by atoms with Gasteiger partial charge in [-0.2, -0.15) is 0 Å². The van der Waals surface area contributed by atoms with E-state index in [9.17, 15) is 4.79 Å². The maximum absolute atomic E-state index is 11.3. The van der Waals surface area contributed by atoms with Crippen LogP contribution in [0.25, 0.3) is 0 Å². The molecule has 1 aromatic carbocycles. The van der Waals surface area contributed by atoms with Gasteiger partial charge in [0.2, 0.25) is 5.91 Å². The number of benzene rings is 1. The molecule has 17 heavy (non-hydrogen) atoms. The molecule has 0 aliphatic carbocycles. The van der Waals surface area contributed by atoms with Crippen LogP contribution in [-0.4, -0.2) is 29.9 Å². The first-order chi connectivity index (χ1) is 8.27. The summed E-state index contributed by atoms with van der Waals surface area (Å²) in [6.07, 6.45) is 5.32. The van der Waals surface area contributed by atoms with Crippen molar-refractivity contribution in [2.75, 3.05) is 13.1 Å². The monoisotopic (exact) mass is 231 g/mol. The normalized spacial score (nSPS) is 21.3. The standard InChI is InChI=1S/C14H19N2O/c15-14(17)13-8-4-5-10-16(13)11-9-12-6-2-1-3-7-12/h1-3,6-7,9,13H,4-5,8,10-11H2,(H2,15,17)/t13-/m0/s1. The molecule has 0 saturated carbocycles. The zero-order chi connectivity index (χ0) is 12.1. The largest absolute Gasteiger partial charge is 0.368 e. The first-order valence-electron chi connectivity index (χ1n) is 6.19. The molecule has 3 nitrogen and oxygen atoms in total. The van der Waals surface area contributed by atoms with Crippen molar-refractivity contribution in [3.63, 3.8) is 0 Å². The van der Waals surface area contributed by atoms with Gasteiger partial charge in [-0.05, 0) is 24.9 Å². The molecule has 0 bridgehead atoms. The zero-order valence-corrected chi connectivity index (χ0v) is 10.0. The molecule has 1 aromatic rings. The van der Waals surface area contributed by atoms with E-state index in [0.717, 1.165) is 32.4 Å². The number of rotatable bonds is 4. The highest BCUT2D eigenvalue weighted by atomic mass is 16.1. The lowest BCUT2D eigenvalue weighted by atomic mass is 10.0. The van der Waals surface area contributed by atoms with E-state index in [4.69, 9.17) is 5.73 Å². The Kier molecular flexibility index (Phi) is 4.15. The summed E-state index contributed by atoms with van der Waals surface area (Å²) in [6, 6.07) is 10.1. The summed E-state index contributed by atoms with van der Waals surface area (Å²) >= 11 is 0. The Morgan fingerprint density at radius 2 is 2.12 bits per heavy atom. The molecule has 1 fully saturated rings. The fraction of sp³-hybridized carbons (Fsp3) is 0.429. The number of carbonyl (C=O) groups excluding carboxylic acids is 1. The predicted octanol–water partition coefficient (Wildman–Crippen LogP) is 1.58.